The Hall–Kier alpha value is -2.83. The van der Waals surface area contributed by atoms with Gasteiger partial charge in [-0.3, -0.25) is 14.6 Å². The number of carbonyl (C=O) groups excluding carboxylic acids is 2. The van der Waals surface area contributed by atoms with Crippen molar-refractivity contribution in [1.29, 1.82) is 0 Å². The fraction of sp³-hybridized carbons (Fsp3) is 0.0714. The molecular weight excluding hydrogens is 280 g/mol. The Morgan fingerprint density at radius 2 is 1.76 bits per heavy atom. The number of primary amides is 1. The molecule has 0 fully saturated rings. The second-order valence-corrected chi connectivity index (χ2v) is 4.25. The molecule has 0 spiro atoms. The van der Waals surface area contributed by atoms with Crippen LogP contribution in [0.4, 0.5) is 8.78 Å². The number of nitrogens with two attached hydrogens (primary N) is 1. The van der Waals surface area contributed by atoms with E-state index in [9.17, 15) is 18.4 Å². The van der Waals surface area contributed by atoms with Crippen molar-refractivity contribution in [2.24, 2.45) is 5.73 Å². The van der Waals surface area contributed by atoms with Crippen LogP contribution >= 0.6 is 0 Å². The minimum atomic E-state index is -1.15. The maximum Gasteiger partial charge on any atom is 0.253 e. The third-order valence-corrected chi connectivity index (χ3v) is 2.73. The van der Waals surface area contributed by atoms with Gasteiger partial charge in [-0.2, -0.15) is 0 Å². The highest BCUT2D eigenvalue weighted by Crippen LogP contribution is 2.14. The smallest absolute Gasteiger partial charge is 0.253 e. The molecule has 5 nitrogen and oxygen atoms in total. The summed E-state index contributed by atoms with van der Waals surface area (Å²) in [6.45, 7) is 0. The van der Waals surface area contributed by atoms with Crippen molar-refractivity contribution in [3.63, 3.8) is 0 Å². The lowest BCUT2D eigenvalue weighted by atomic mass is 10.1. The molecule has 1 aromatic heterocycles. The average molecular weight is 291 g/mol. The maximum absolute atomic E-state index is 13.0. The molecule has 0 aliphatic carbocycles. The third kappa shape index (κ3) is 3.59. The molecular formula is C14H11F2N3O2. The molecule has 1 atom stereocenters. The van der Waals surface area contributed by atoms with E-state index in [1.165, 1.54) is 12.1 Å². The zero-order valence-corrected chi connectivity index (χ0v) is 10.7. The Morgan fingerprint density at radius 1 is 1.10 bits per heavy atom. The van der Waals surface area contributed by atoms with Gasteiger partial charge in [0.05, 0.1) is 11.8 Å². The summed E-state index contributed by atoms with van der Waals surface area (Å²) in [5, 5.41) is 2.35. The van der Waals surface area contributed by atoms with E-state index < -0.39 is 29.5 Å². The Kier molecular flexibility index (Phi) is 4.22. The highest BCUT2D eigenvalue weighted by Gasteiger charge is 2.21. The summed E-state index contributed by atoms with van der Waals surface area (Å²) in [5.41, 5.74) is 5.49. The van der Waals surface area contributed by atoms with E-state index in [4.69, 9.17) is 5.73 Å². The van der Waals surface area contributed by atoms with Crippen LogP contribution < -0.4 is 11.1 Å². The highest BCUT2D eigenvalue weighted by atomic mass is 19.1. The SMILES string of the molecule is NC(=O)C(NC(=O)c1cncc(F)c1)c1ccc(F)cc1. The van der Waals surface area contributed by atoms with Gasteiger partial charge in [0, 0.05) is 6.20 Å². The van der Waals surface area contributed by atoms with Gasteiger partial charge in [0.15, 0.2) is 0 Å². The number of amides is 2. The lowest BCUT2D eigenvalue weighted by molar-refractivity contribution is -0.120. The monoisotopic (exact) mass is 291 g/mol. The maximum atomic E-state index is 13.0. The van der Waals surface area contributed by atoms with E-state index in [0.29, 0.717) is 5.56 Å². The van der Waals surface area contributed by atoms with Crippen molar-refractivity contribution >= 4 is 11.8 Å². The number of halogens is 2. The lowest BCUT2D eigenvalue weighted by Gasteiger charge is -2.15. The van der Waals surface area contributed by atoms with Crippen molar-refractivity contribution in [2.75, 3.05) is 0 Å². The Labute approximate surface area is 118 Å². The second kappa shape index (κ2) is 6.08. The van der Waals surface area contributed by atoms with Gasteiger partial charge in [-0.1, -0.05) is 12.1 Å². The van der Waals surface area contributed by atoms with Crippen LogP contribution in [0.3, 0.4) is 0 Å². The minimum absolute atomic E-state index is 0.0524. The van der Waals surface area contributed by atoms with E-state index >= 15 is 0 Å². The first-order valence-electron chi connectivity index (χ1n) is 5.93. The summed E-state index contributed by atoms with van der Waals surface area (Å²) in [5.74, 6) is -2.70. The first-order valence-corrected chi connectivity index (χ1v) is 5.93. The van der Waals surface area contributed by atoms with Crippen LogP contribution in [0.1, 0.15) is 22.0 Å². The van der Waals surface area contributed by atoms with Crippen molar-refractivity contribution in [1.82, 2.24) is 10.3 Å². The molecule has 0 bridgehead atoms. The van der Waals surface area contributed by atoms with Gasteiger partial charge < -0.3 is 11.1 Å². The topological polar surface area (TPSA) is 85.1 Å². The quantitative estimate of drug-likeness (QED) is 0.890. The summed E-state index contributed by atoms with van der Waals surface area (Å²) in [4.78, 5) is 26.9. The molecule has 21 heavy (non-hydrogen) atoms. The predicted octanol–water partition coefficient (Wildman–Crippen LogP) is 1.32. The van der Waals surface area contributed by atoms with Crippen LogP contribution in [-0.2, 0) is 4.79 Å². The van der Waals surface area contributed by atoms with Crippen molar-refractivity contribution < 1.29 is 18.4 Å². The van der Waals surface area contributed by atoms with E-state index in [-0.39, 0.29) is 5.56 Å². The van der Waals surface area contributed by atoms with Crippen molar-refractivity contribution in [3.05, 3.63) is 65.5 Å². The van der Waals surface area contributed by atoms with Gasteiger partial charge >= 0.3 is 0 Å². The average Bonchev–Trinajstić information content (AvgIpc) is 2.45. The molecule has 3 N–H and O–H groups in total. The summed E-state index contributed by atoms with van der Waals surface area (Å²) in [6.07, 6.45) is 2.10. The summed E-state index contributed by atoms with van der Waals surface area (Å²) in [6, 6.07) is 4.76. The molecule has 1 unspecified atom stereocenters. The Bertz CT molecular complexity index is 674. The molecule has 1 heterocycles. The van der Waals surface area contributed by atoms with Gasteiger partial charge in [-0.15, -0.1) is 0 Å². The van der Waals surface area contributed by atoms with Gasteiger partial charge in [0.2, 0.25) is 5.91 Å². The van der Waals surface area contributed by atoms with E-state index in [0.717, 1.165) is 30.6 Å². The molecule has 2 amide bonds. The molecule has 2 rings (SSSR count). The first-order chi connectivity index (χ1) is 9.97. The normalized spacial score (nSPS) is 11.7. The van der Waals surface area contributed by atoms with Crippen molar-refractivity contribution in [2.45, 2.75) is 6.04 Å². The minimum Gasteiger partial charge on any atom is -0.368 e. The molecule has 0 radical (unpaired) electrons. The van der Waals surface area contributed by atoms with E-state index in [1.54, 1.807) is 0 Å². The molecule has 1 aromatic carbocycles. The Balaban J connectivity index is 2.22. The van der Waals surface area contributed by atoms with Gasteiger partial charge in [0.25, 0.3) is 5.91 Å². The van der Waals surface area contributed by atoms with Gasteiger partial charge in [0.1, 0.15) is 17.7 Å². The predicted molar refractivity (Wildman–Crippen MR) is 70.0 cm³/mol. The summed E-state index contributed by atoms with van der Waals surface area (Å²) >= 11 is 0. The molecule has 0 aliphatic heterocycles. The van der Waals surface area contributed by atoms with Crippen molar-refractivity contribution in [3.8, 4) is 0 Å². The lowest BCUT2D eigenvalue weighted by Crippen LogP contribution is -2.37. The fourth-order valence-electron chi connectivity index (χ4n) is 1.72. The number of hydrogen-bond acceptors (Lipinski definition) is 3. The third-order valence-electron chi connectivity index (χ3n) is 2.73. The van der Waals surface area contributed by atoms with E-state index in [1.807, 2.05) is 0 Å². The van der Waals surface area contributed by atoms with E-state index in [2.05, 4.69) is 10.3 Å². The van der Waals surface area contributed by atoms with Gasteiger partial charge in [-0.25, -0.2) is 8.78 Å². The van der Waals surface area contributed by atoms with Crippen LogP contribution in [0, 0.1) is 11.6 Å². The summed E-state index contributed by atoms with van der Waals surface area (Å²) < 4.78 is 25.9. The van der Waals surface area contributed by atoms with Crippen LogP contribution in [0.2, 0.25) is 0 Å². The number of carbonyl (C=O) groups is 2. The van der Waals surface area contributed by atoms with Gasteiger partial charge in [-0.05, 0) is 23.8 Å². The molecule has 2 aromatic rings. The van der Waals surface area contributed by atoms with Crippen LogP contribution in [0.5, 0.6) is 0 Å². The fourth-order valence-corrected chi connectivity index (χ4v) is 1.72. The zero-order valence-electron chi connectivity index (χ0n) is 10.7. The number of nitrogens with one attached hydrogen (secondary N) is 1. The number of nitrogens with zero attached hydrogens (tertiary/aromatic N) is 1. The largest absolute Gasteiger partial charge is 0.368 e. The second-order valence-electron chi connectivity index (χ2n) is 4.25. The molecule has 0 aliphatic rings. The molecule has 0 saturated carbocycles. The first kappa shape index (κ1) is 14.6. The molecule has 0 saturated heterocycles. The Morgan fingerprint density at radius 3 is 2.33 bits per heavy atom. The number of pyridine rings is 1. The number of hydrogen-bond donors (Lipinski definition) is 2. The van der Waals surface area contributed by atoms with Crippen LogP contribution in [0.15, 0.2) is 42.7 Å². The number of rotatable bonds is 4. The number of benzene rings is 1. The zero-order chi connectivity index (χ0) is 15.4. The molecule has 7 heteroatoms. The standard InChI is InChI=1S/C14H11F2N3O2/c15-10-3-1-8(2-4-10)12(13(17)20)19-14(21)9-5-11(16)7-18-6-9/h1-7,12H,(H2,17,20)(H,19,21). The number of aromatic nitrogens is 1. The molecule has 108 valence electrons. The van der Waals surface area contributed by atoms with Crippen LogP contribution in [-0.4, -0.2) is 16.8 Å². The summed E-state index contributed by atoms with van der Waals surface area (Å²) in [7, 11) is 0. The highest BCUT2D eigenvalue weighted by molar-refractivity contribution is 5.97. The van der Waals surface area contributed by atoms with Crippen LogP contribution in [0.25, 0.3) is 0 Å².